The van der Waals surface area contributed by atoms with Crippen LogP contribution in [0.2, 0.25) is 0 Å². The minimum Gasteiger partial charge on any atom is -0.465 e. The second kappa shape index (κ2) is 9.32. The number of aliphatic hydroxyl groups excluding tert-OH is 1. The first kappa shape index (κ1) is 20.4. The predicted octanol–water partition coefficient (Wildman–Crippen LogP) is 4.26. The van der Waals surface area contributed by atoms with Gasteiger partial charge in [0, 0.05) is 22.5 Å². The molecule has 0 unspecified atom stereocenters. The molecule has 3 aromatic carbocycles. The Hall–Kier alpha value is -3.84. The van der Waals surface area contributed by atoms with Gasteiger partial charge in [-0.3, -0.25) is 4.79 Å². The van der Waals surface area contributed by atoms with Crippen LogP contribution in [0.25, 0.3) is 21.8 Å². The van der Waals surface area contributed by atoms with Gasteiger partial charge in [0.25, 0.3) is 0 Å². The van der Waals surface area contributed by atoms with Crippen molar-refractivity contribution in [3.63, 3.8) is 0 Å². The summed E-state index contributed by atoms with van der Waals surface area (Å²) in [6, 6.07) is 20.9. The van der Waals surface area contributed by atoms with Crippen LogP contribution in [0.5, 0.6) is 5.75 Å². The maximum atomic E-state index is 11.6. The van der Waals surface area contributed by atoms with Crippen molar-refractivity contribution in [3.05, 3.63) is 72.3 Å². The number of hydrogen-bond donors (Lipinski definition) is 3. The molecule has 4 aromatic rings. The molecule has 4 rings (SSSR count). The number of hydrogen-bond acceptors (Lipinski definition) is 7. The number of benzene rings is 3. The number of para-hydroxylation sites is 2. The van der Waals surface area contributed by atoms with Crippen LogP contribution in [-0.2, 0) is 16.1 Å². The zero-order valence-electron chi connectivity index (χ0n) is 17.1. The standard InChI is InChI=1S/C24H23N3O4/c1-2-30-23(29)14-25-17-11-16(15-28)12-18(13-17)31-27-24-19-7-3-5-9-21(19)26-22-10-6-4-8-20(22)24/h3-13,25,28H,2,14-15H2,1H3,(H,26,27). The van der Waals surface area contributed by atoms with Gasteiger partial charge < -0.3 is 20.0 Å². The lowest BCUT2D eigenvalue weighted by atomic mass is 10.1. The second-order valence-corrected chi connectivity index (χ2v) is 6.91. The van der Waals surface area contributed by atoms with Gasteiger partial charge in [0.05, 0.1) is 29.9 Å². The van der Waals surface area contributed by atoms with Gasteiger partial charge in [0.2, 0.25) is 0 Å². The molecule has 0 radical (unpaired) electrons. The summed E-state index contributed by atoms with van der Waals surface area (Å²) in [5.74, 6) is 0.134. The van der Waals surface area contributed by atoms with E-state index in [1.807, 2.05) is 48.5 Å². The summed E-state index contributed by atoms with van der Waals surface area (Å²) in [7, 11) is 0. The van der Waals surface area contributed by atoms with Gasteiger partial charge in [-0.2, -0.15) is 0 Å². The van der Waals surface area contributed by atoms with Crippen molar-refractivity contribution in [3.8, 4) is 5.75 Å². The topological polar surface area (TPSA) is 92.7 Å². The average molecular weight is 417 g/mol. The number of nitrogens with zero attached hydrogens (tertiary/aromatic N) is 1. The molecule has 0 bridgehead atoms. The minimum atomic E-state index is -0.354. The highest BCUT2D eigenvalue weighted by Gasteiger charge is 2.10. The molecule has 7 nitrogen and oxygen atoms in total. The largest absolute Gasteiger partial charge is 0.465 e. The Bertz CT molecular complexity index is 1170. The fourth-order valence-electron chi connectivity index (χ4n) is 3.36. The molecule has 0 fully saturated rings. The van der Waals surface area contributed by atoms with E-state index in [4.69, 9.17) is 14.6 Å². The van der Waals surface area contributed by atoms with E-state index >= 15 is 0 Å². The molecule has 31 heavy (non-hydrogen) atoms. The molecule has 0 saturated heterocycles. The van der Waals surface area contributed by atoms with Crippen molar-refractivity contribution in [1.82, 2.24) is 4.98 Å². The highest BCUT2D eigenvalue weighted by Crippen LogP contribution is 2.31. The number of esters is 1. The monoisotopic (exact) mass is 417 g/mol. The van der Waals surface area contributed by atoms with Crippen molar-refractivity contribution < 1.29 is 19.5 Å². The van der Waals surface area contributed by atoms with Gasteiger partial charge in [-0.1, -0.05) is 36.4 Å². The zero-order valence-corrected chi connectivity index (χ0v) is 17.1. The summed E-state index contributed by atoms with van der Waals surface area (Å²) in [4.78, 5) is 22.2. The Morgan fingerprint density at radius 2 is 1.68 bits per heavy atom. The number of carbonyl (C=O) groups is 1. The SMILES string of the molecule is CCOC(=O)CNc1cc(CO)cc(ONc2c3ccccc3nc3ccccc23)c1. The van der Waals surface area contributed by atoms with Crippen molar-refractivity contribution >= 4 is 39.1 Å². The number of aliphatic hydroxyl groups is 1. The number of carbonyl (C=O) groups excluding carboxylic acids is 1. The van der Waals surface area contributed by atoms with Crippen LogP contribution in [0, 0.1) is 0 Å². The lowest BCUT2D eigenvalue weighted by Gasteiger charge is -2.15. The number of rotatable bonds is 8. The molecule has 3 N–H and O–H groups in total. The number of anilines is 2. The first-order valence-corrected chi connectivity index (χ1v) is 10.0. The lowest BCUT2D eigenvalue weighted by Crippen LogP contribution is -2.17. The minimum absolute atomic E-state index is 0.0230. The molecule has 0 spiro atoms. The van der Waals surface area contributed by atoms with Crippen molar-refractivity contribution in [2.75, 3.05) is 23.9 Å². The smallest absolute Gasteiger partial charge is 0.325 e. The van der Waals surface area contributed by atoms with Gasteiger partial charge in [-0.15, -0.1) is 0 Å². The molecular weight excluding hydrogens is 394 g/mol. The van der Waals surface area contributed by atoms with E-state index in [0.29, 0.717) is 23.6 Å². The molecular formula is C24H23N3O4. The summed E-state index contributed by atoms with van der Waals surface area (Å²) in [5.41, 5.74) is 6.87. The number of pyridine rings is 1. The van der Waals surface area contributed by atoms with Crippen LogP contribution in [0.1, 0.15) is 12.5 Å². The van der Waals surface area contributed by atoms with Crippen LogP contribution in [0.15, 0.2) is 66.7 Å². The van der Waals surface area contributed by atoms with E-state index in [2.05, 4.69) is 10.8 Å². The van der Waals surface area contributed by atoms with Crippen LogP contribution >= 0.6 is 0 Å². The first-order chi connectivity index (χ1) is 15.2. The van der Waals surface area contributed by atoms with Gasteiger partial charge in [0.1, 0.15) is 6.54 Å². The molecule has 1 aromatic heterocycles. The quantitative estimate of drug-likeness (QED) is 0.224. The third-order valence-corrected chi connectivity index (χ3v) is 4.75. The first-order valence-electron chi connectivity index (χ1n) is 10.0. The third-order valence-electron chi connectivity index (χ3n) is 4.75. The van der Waals surface area contributed by atoms with E-state index in [1.54, 1.807) is 25.1 Å². The van der Waals surface area contributed by atoms with Gasteiger partial charge in [-0.05, 0) is 36.8 Å². The van der Waals surface area contributed by atoms with Crippen LogP contribution in [-0.4, -0.2) is 29.2 Å². The number of aromatic nitrogens is 1. The fraction of sp³-hybridized carbons (Fsp3) is 0.167. The second-order valence-electron chi connectivity index (χ2n) is 6.91. The molecule has 7 heteroatoms. The number of nitrogens with one attached hydrogen (secondary N) is 2. The van der Waals surface area contributed by atoms with E-state index in [1.165, 1.54) is 0 Å². The number of ether oxygens (including phenoxy) is 1. The third kappa shape index (κ3) is 4.67. The summed E-state index contributed by atoms with van der Waals surface area (Å²) < 4.78 is 4.94. The van der Waals surface area contributed by atoms with E-state index in [0.717, 1.165) is 27.5 Å². The molecule has 0 saturated carbocycles. The maximum Gasteiger partial charge on any atom is 0.325 e. The molecule has 0 aliphatic carbocycles. The van der Waals surface area contributed by atoms with Gasteiger partial charge in [-0.25, -0.2) is 10.5 Å². The summed E-state index contributed by atoms with van der Waals surface area (Å²) >= 11 is 0. The average Bonchev–Trinajstić information content (AvgIpc) is 2.80. The molecule has 0 aliphatic heterocycles. The molecule has 0 amide bonds. The summed E-state index contributed by atoms with van der Waals surface area (Å²) in [6.07, 6.45) is 0. The van der Waals surface area contributed by atoms with Gasteiger partial charge in [0.15, 0.2) is 5.75 Å². The van der Waals surface area contributed by atoms with Gasteiger partial charge >= 0.3 is 5.97 Å². The van der Waals surface area contributed by atoms with Crippen molar-refractivity contribution in [2.24, 2.45) is 0 Å². The van der Waals surface area contributed by atoms with E-state index in [9.17, 15) is 9.90 Å². The van der Waals surface area contributed by atoms with Crippen LogP contribution in [0.4, 0.5) is 11.4 Å². The van der Waals surface area contributed by atoms with E-state index in [-0.39, 0.29) is 19.1 Å². The fourth-order valence-corrected chi connectivity index (χ4v) is 3.36. The Kier molecular flexibility index (Phi) is 6.14. The Morgan fingerprint density at radius 3 is 2.32 bits per heavy atom. The zero-order chi connectivity index (χ0) is 21.6. The lowest BCUT2D eigenvalue weighted by molar-refractivity contribution is -0.140. The highest BCUT2D eigenvalue weighted by atomic mass is 16.6. The van der Waals surface area contributed by atoms with Crippen molar-refractivity contribution in [2.45, 2.75) is 13.5 Å². The molecule has 0 atom stereocenters. The molecule has 158 valence electrons. The van der Waals surface area contributed by atoms with Crippen LogP contribution in [0.3, 0.4) is 0 Å². The predicted molar refractivity (Wildman–Crippen MR) is 121 cm³/mol. The molecule has 1 heterocycles. The van der Waals surface area contributed by atoms with E-state index < -0.39 is 0 Å². The Balaban J connectivity index is 1.62. The molecule has 0 aliphatic rings. The highest BCUT2D eigenvalue weighted by molar-refractivity contribution is 6.07. The Morgan fingerprint density at radius 1 is 1.00 bits per heavy atom. The number of fused-ring (bicyclic) bond motifs is 2. The van der Waals surface area contributed by atoms with Crippen molar-refractivity contribution in [1.29, 1.82) is 0 Å². The normalized spacial score (nSPS) is 10.8. The summed E-state index contributed by atoms with van der Waals surface area (Å²) in [5, 5.41) is 14.5. The van der Waals surface area contributed by atoms with Crippen LogP contribution < -0.4 is 15.6 Å². The Labute approximate surface area is 179 Å². The summed E-state index contributed by atoms with van der Waals surface area (Å²) in [6.45, 7) is 1.94. The maximum absolute atomic E-state index is 11.6.